The second kappa shape index (κ2) is 3.43. The summed E-state index contributed by atoms with van der Waals surface area (Å²) in [5, 5.41) is 9.15. The van der Waals surface area contributed by atoms with Crippen molar-refractivity contribution in [2.75, 3.05) is 0 Å². The molecule has 2 heteroatoms. The third-order valence-electron chi connectivity index (χ3n) is 2.96. The van der Waals surface area contributed by atoms with E-state index in [0.717, 1.165) is 31.2 Å². The molecule has 0 spiro atoms. The number of hydrogen-bond donors (Lipinski definition) is 1. The molecule has 0 saturated carbocycles. The molecule has 72 valence electrons. The van der Waals surface area contributed by atoms with Gasteiger partial charge in [-0.2, -0.15) is 5.26 Å². The Morgan fingerprint density at radius 2 is 2.07 bits per heavy atom. The molecule has 1 atom stereocenters. The predicted molar refractivity (Wildman–Crippen MR) is 55.5 cm³/mol. The third-order valence-corrected chi connectivity index (χ3v) is 2.96. The molecule has 0 heterocycles. The van der Waals surface area contributed by atoms with Crippen LogP contribution < -0.4 is 5.73 Å². The van der Waals surface area contributed by atoms with Crippen molar-refractivity contribution in [3.63, 3.8) is 0 Å². The van der Waals surface area contributed by atoms with Crippen LogP contribution in [0.15, 0.2) is 24.3 Å². The molecule has 0 saturated heterocycles. The van der Waals surface area contributed by atoms with Crippen LogP contribution in [0.3, 0.4) is 0 Å². The number of rotatable bonds is 0. The first kappa shape index (κ1) is 9.23. The molecule has 1 unspecified atom stereocenters. The molecule has 2 rings (SSSR count). The summed E-state index contributed by atoms with van der Waals surface area (Å²) < 4.78 is 0. The lowest BCUT2D eigenvalue weighted by atomic mass is 9.87. The van der Waals surface area contributed by atoms with Crippen molar-refractivity contribution in [3.8, 4) is 6.07 Å². The van der Waals surface area contributed by atoms with E-state index in [9.17, 15) is 0 Å². The number of fused-ring (bicyclic) bond motifs is 1. The maximum atomic E-state index is 9.15. The maximum absolute atomic E-state index is 9.15. The first-order valence-electron chi connectivity index (χ1n) is 5.05. The molecule has 1 aromatic carbocycles. The number of benzene rings is 1. The van der Waals surface area contributed by atoms with Crippen LogP contribution in [0, 0.1) is 11.3 Å². The largest absolute Gasteiger partial charge is 0.310 e. The molecule has 0 fully saturated rings. The van der Waals surface area contributed by atoms with Gasteiger partial charge in [-0.3, -0.25) is 0 Å². The summed E-state index contributed by atoms with van der Waals surface area (Å²) in [6.07, 6.45) is 4.01. The SMILES string of the molecule is N#CC1(N)CCCCc2ccccc21. The van der Waals surface area contributed by atoms with E-state index in [1.165, 1.54) is 5.56 Å². The van der Waals surface area contributed by atoms with Gasteiger partial charge in [-0.1, -0.05) is 24.3 Å². The van der Waals surface area contributed by atoms with Gasteiger partial charge in [0, 0.05) is 0 Å². The minimum absolute atomic E-state index is 0.757. The first-order chi connectivity index (χ1) is 6.76. The molecule has 2 nitrogen and oxygen atoms in total. The Bertz CT molecular complexity index is 378. The van der Waals surface area contributed by atoms with Gasteiger partial charge in [0.15, 0.2) is 0 Å². The molecular weight excluding hydrogens is 172 g/mol. The lowest BCUT2D eigenvalue weighted by molar-refractivity contribution is 0.509. The van der Waals surface area contributed by atoms with Crippen LogP contribution in [0.1, 0.15) is 30.4 Å². The highest BCUT2D eigenvalue weighted by atomic mass is 14.7. The summed E-state index contributed by atoms with van der Waals surface area (Å²) in [5.41, 5.74) is 7.62. The van der Waals surface area contributed by atoms with Gasteiger partial charge in [0.2, 0.25) is 0 Å². The van der Waals surface area contributed by atoms with Crippen LogP contribution in [0.2, 0.25) is 0 Å². The van der Waals surface area contributed by atoms with Gasteiger partial charge < -0.3 is 5.73 Å². The summed E-state index contributed by atoms with van der Waals surface area (Å²) in [6, 6.07) is 10.3. The quantitative estimate of drug-likeness (QED) is 0.631. The fraction of sp³-hybridized carbons (Fsp3) is 0.417. The Balaban J connectivity index is 2.54. The Kier molecular flexibility index (Phi) is 2.26. The van der Waals surface area contributed by atoms with Crippen LogP contribution in [-0.2, 0) is 12.0 Å². The average Bonchev–Trinajstić information content (AvgIpc) is 2.40. The lowest BCUT2D eigenvalue weighted by Crippen LogP contribution is -2.34. The minimum Gasteiger partial charge on any atom is -0.310 e. The second-order valence-corrected chi connectivity index (χ2v) is 3.95. The van der Waals surface area contributed by atoms with E-state index in [-0.39, 0.29) is 0 Å². The van der Waals surface area contributed by atoms with Crippen molar-refractivity contribution in [3.05, 3.63) is 35.4 Å². The van der Waals surface area contributed by atoms with Crippen molar-refractivity contribution < 1.29 is 0 Å². The minimum atomic E-state index is -0.757. The van der Waals surface area contributed by atoms with Crippen LogP contribution in [0.5, 0.6) is 0 Å². The Labute approximate surface area is 84.3 Å². The zero-order valence-electron chi connectivity index (χ0n) is 8.16. The van der Waals surface area contributed by atoms with E-state index in [0.29, 0.717) is 0 Å². The fourth-order valence-corrected chi connectivity index (χ4v) is 2.14. The molecule has 1 aliphatic carbocycles. The van der Waals surface area contributed by atoms with E-state index in [2.05, 4.69) is 12.1 Å². The van der Waals surface area contributed by atoms with Gasteiger partial charge >= 0.3 is 0 Å². The zero-order valence-corrected chi connectivity index (χ0v) is 8.16. The average molecular weight is 186 g/mol. The summed E-state index contributed by atoms with van der Waals surface area (Å²) >= 11 is 0. The first-order valence-corrected chi connectivity index (χ1v) is 5.05. The number of nitrogens with zero attached hydrogens (tertiary/aromatic N) is 1. The Morgan fingerprint density at radius 1 is 1.29 bits per heavy atom. The molecule has 1 aromatic rings. The number of nitrogens with two attached hydrogens (primary N) is 1. The second-order valence-electron chi connectivity index (χ2n) is 3.95. The number of aryl methyl sites for hydroxylation is 1. The molecule has 0 bridgehead atoms. The van der Waals surface area contributed by atoms with Crippen LogP contribution in [-0.4, -0.2) is 0 Å². The van der Waals surface area contributed by atoms with Crippen molar-refractivity contribution in [2.24, 2.45) is 5.73 Å². The van der Waals surface area contributed by atoms with Gasteiger partial charge in [0.05, 0.1) is 6.07 Å². The smallest absolute Gasteiger partial charge is 0.130 e. The maximum Gasteiger partial charge on any atom is 0.130 e. The standard InChI is InChI=1S/C12H14N2/c13-9-12(14)8-4-3-6-10-5-1-2-7-11(10)12/h1-2,5,7H,3-4,6,8,14H2. The topological polar surface area (TPSA) is 49.8 Å². The van der Waals surface area contributed by atoms with Crippen molar-refractivity contribution >= 4 is 0 Å². The molecule has 14 heavy (non-hydrogen) atoms. The number of hydrogen-bond acceptors (Lipinski definition) is 2. The van der Waals surface area contributed by atoms with Gasteiger partial charge in [-0.25, -0.2) is 0 Å². The summed E-state index contributed by atoms with van der Waals surface area (Å²) in [5.74, 6) is 0. The zero-order chi connectivity index (χ0) is 10.0. The predicted octanol–water partition coefficient (Wildman–Crippen LogP) is 2.09. The highest BCUT2D eigenvalue weighted by molar-refractivity contribution is 5.38. The molecule has 0 amide bonds. The molecule has 0 aliphatic heterocycles. The molecule has 2 N–H and O–H groups in total. The van der Waals surface area contributed by atoms with E-state index in [1.54, 1.807) is 0 Å². The van der Waals surface area contributed by atoms with E-state index in [4.69, 9.17) is 11.0 Å². The summed E-state index contributed by atoms with van der Waals surface area (Å²) in [6.45, 7) is 0. The van der Waals surface area contributed by atoms with Crippen LogP contribution in [0.4, 0.5) is 0 Å². The Morgan fingerprint density at radius 3 is 2.86 bits per heavy atom. The van der Waals surface area contributed by atoms with Gasteiger partial charge in [-0.05, 0) is 36.8 Å². The molecular formula is C12H14N2. The molecule has 1 aliphatic rings. The van der Waals surface area contributed by atoms with Crippen LogP contribution >= 0.6 is 0 Å². The van der Waals surface area contributed by atoms with E-state index < -0.39 is 5.54 Å². The number of nitriles is 1. The van der Waals surface area contributed by atoms with Crippen molar-refractivity contribution in [2.45, 2.75) is 31.2 Å². The van der Waals surface area contributed by atoms with Gasteiger partial charge in [-0.15, -0.1) is 0 Å². The third kappa shape index (κ3) is 1.40. The highest BCUT2D eigenvalue weighted by Gasteiger charge is 2.30. The summed E-state index contributed by atoms with van der Waals surface area (Å²) in [4.78, 5) is 0. The summed E-state index contributed by atoms with van der Waals surface area (Å²) in [7, 11) is 0. The van der Waals surface area contributed by atoms with Crippen LogP contribution in [0.25, 0.3) is 0 Å². The van der Waals surface area contributed by atoms with E-state index in [1.807, 2.05) is 18.2 Å². The molecule has 0 radical (unpaired) electrons. The fourth-order valence-electron chi connectivity index (χ4n) is 2.14. The van der Waals surface area contributed by atoms with Crippen molar-refractivity contribution in [1.82, 2.24) is 0 Å². The van der Waals surface area contributed by atoms with Crippen molar-refractivity contribution in [1.29, 1.82) is 5.26 Å². The lowest BCUT2D eigenvalue weighted by Gasteiger charge is -2.21. The normalized spacial score (nSPS) is 26.0. The van der Waals surface area contributed by atoms with Gasteiger partial charge in [0.25, 0.3) is 0 Å². The molecule has 0 aromatic heterocycles. The van der Waals surface area contributed by atoms with Gasteiger partial charge in [0.1, 0.15) is 5.54 Å². The monoisotopic (exact) mass is 186 g/mol. The van der Waals surface area contributed by atoms with E-state index >= 15 is 0 Å². The Hall–Kier alpha value is -1.33. The highest BCUT2D eigenvalue weighted by Crippen LogP contribution is 2.31.